The summed E-state index contributed by atoms with van der Waals surface area (Å²) in [5.74, 6) is -0.202. The van der Waals surface area contributed by atoms with E-state index in [-0.39, 0.29) is 11.3 Å². The van der Waals surface area contributed by atoms with Crippen LogP contribution in [0.4, 0.5) is 4.39 Å². The lowest BCUT2D eigenvalue weighted by atomic mass is 10.1. The molecule has 0 aliphatic rings. The maximum Gasteiger partial charge on any atom is 0.163 e. The highest BCUT2D eigenvalue weighted by Gasteiger charge is 2.16. The van der Waals surface area contributed by atoms with Gasteiger partial charge in [-0.05, 0) is 45.9 Å². The smallest absolute Gasteiger partial charge is 0.163 e. The molecule has 1 aromatic carbocycles. The van der Waals surface area contributed by atoms with Gasteiger partial charge in [0.1, 0.15) is 17.2 Å². The van der Waals surface area contributed by atoms with Crippen molar-refractivity contribution in [3.8, 4) is 5.75 Å². The molecular weight excluding hydrogens is 195 g/mol. The molecule has 0 unspecified atom stereocenters. The Balaban J connectivity index is 3.12. The Hall–Kier alpha value is -1.38. The minimum atomic E-state index is -0.429. The van der Waals surface area contributed by atoms with E-state index in [0.29, 0.717) is 5.75 Å². The average Bonchev–Trinajstić information content (AvgIpc) is 2.05. The van der Waals surface area contributed by atoms with E-state index in [4.69, 9.17) is 4.74 Å². The number of ether oxygens (including phenoxy) is 1. The molecule has 0 aromatic heterocycles. The molecular formula is C12H15FO2. The SMILES string of the molecule is CC(=O)c1cc(F)ccc1OC(C)(C)C. The van der Waals surface area contributed by atoms with E-state index in [9.17, 15) is 9.18 Å². The molecule has 0 N–H and O–H groups in total. The molecule has 0 saturated heterocycles. The van der Waals surface area contributed by atoms with E-state index in [1.807, 2.05) is 20.8 Å². The number of benzene rings is 1. The Morgan fingerprint density at radius 1 is 1.33 bits per heavy atom. The largest absolute Gasteiger partial charge is 0.487 e. The van der Waals surface area contributed by atoms with Gasteiger partial charge in [-0.15, -0.1) is 0 Å². The number of ketones is 1. The summed E-state index contributed by atoms with van der Waals surface area (Å²) in [6.45, 7) is 7.02. The van der Waals surface area contributed by atoms with Gasteiger partial charge in [-0.1, -0.05) is 0 Å². The Bertz CT molecular complexity index is 378. The van der Waals surface area contributed by atoms with Gasteiger partial charge in [0.2, 0.25) is 0 Å². The molecule has 15 heavy (non-hydrogen) atoms. The highest BCUT2D eigenvalue weighted by Crippen LogP contribution is 2.24. The van der Waals surface area contributed by atoms with Gasteiger partial charge in [0.05, 0.1) is 5.56 Å². The van der Waals surface area contributed by atoms with Crippen molar-refractivity contribution in [1.82, 2.24) is 0 Å². The van der Waals surface area contributed by atoms with Gasteiger partial charge in [0.25, 0.3) is 0 Å². The third-order valence-corrected chi connectivity index (χ3v) is 1.74. The van der Waals surface area contributed by atoms with Crippen LogP contribution in [-0.4, -0.2) is 11.4 Å². The molecule has 0 radical (unpaired) electrons. The fraction of sp³-hybridized carbons (Fsp3) is 0.417. The van der Waals surface area contributed by atoms with Crippen molar-refractivity contribution in [1.29, 1.82) is 0 Å². The van der Waals surface area contributed by atoms with Crippen LogP contribution in [0.3, 0.4) is 0 Å². The van der Waals surface area contributed by atoms with Gasteiger partial charge in [-0.3, -0.25) is 4.79 Å². The fourth-order valence-corrected chi connectivity index (χ4v) is 1.20. The van der Waals surface area contributed by atoms with Gasteiger partial charge in [-0.2, -0.15) is 0 Å². The second-order valence-electron chi connectivity index (χ2n) is 4.41. The summed E-state index contributed by atoms with van der Waals surface area (Å²) < 4.78 is 18.5. The third-order valence-electron chi connectivity index (χ3n) is 1.74. The molecule has 1 rings (SSSR count). The number of hydrogen-bond acceptors (Lipinski definition) is 2. The molecule has 0 aliphatic heterocycles. The summed E-state index contributed by atoms with van der Waals surface area (Å²) in [7, 11) is 0. The lowest BCUT2D eigenvalue weighted by Gasteiger charge is -2.22. The number of rotatable bonds is 2. The Kier molecular flexibility index (Phi) is 3.12. The summed E-state index contributed by atoms with van der Waals surface area (Å²) in [6.07, 6.45) is 0. The Morgan fingerprint density at radius 3 is 2.40 bits per heavy atom. The van der Waals surface area contributed by atoms with E-state index in [0.717, 1.165) is 0 Å². The molecule has 0 bridgehead atoms. The third kappa shape index (κ3) is 3.35. The molecule has 0 aliphatic carbocycles. The van der Waals surface area contributed by atoms with Gasteiger partial charge >= 0.3 is 0 Å². The molecule has 0 spiro atoms. The van der Waals surface area contributed by atoms with Gasteiger partial charge < -0.3 is 4.74 Å². The first-order valence-electron chi connectivity index (χ1n) is 4.79. The zero-order valence-corrected chi connectivity index (χ0v) is 9.43. The highest BCUT2D eigenvalue weighted by atomic mass is 19.1. The van der Waals surface area contributed by atoms with Crippen molar-refractivity contribution in [3.63, 3.8) is 0 Å². The van der Waals surface area contributed by atoms with Crippen molar-refractivity contribution in [3.05, 3.63) is 29.6 Å². The molecule has 2 nitrogen and oxygen atoms in total. The molecule has 3 heteroatoms. The zero-order chi connectivity index (χ0) is 11.6. The zero-order valence-electron chi connectivity index (χ0n) is 9.43. The summed E-state index contributed by atoms with van der Waals surface area (Å²) in [4.78, 5) is 11.3. The van der Waals surface area contributed by atoms with E-state index < -0.39 is 11.4 Å². The van der Waals surface area contributed by atoms with E-state index in [2.05, 4.69) is 0 Å². The molecule has 0 heterocycles. The number of carbonyl (C=O) groups is 1. The monoisotopic (exact) mass is 210 g/mol. The fourth-order valence-electron chi connectivity index (χ4n) is 1.20. The maximum atomic E-state index is 12.9. The highest BCUT2D eigenvalue weighted by molar-refractivity contribution is 5.96. The predicted molar refractivity (Wildman–Crippen MR) is 56.8 cm³/mol. The van der Waals surface area contributed by atoms with Gasteiger partial charge in [0.15, 0.2) is 5.78 Å². The van der Waals surface area contributed by atoms with Crippen molar-refractivity contribution >= 4 is 5.78 Å². The van der Waals surface area contributed by atoms with Crippen LogP contribution >= 0.6 is 0 Å². The molecule has 0 fully saturated rings. The quantitative estimate of drug-likeness (QED) is 0.700. The van der Waals surface area contributed by atoms with Crippen LogP contribution in [0.1, 0.15) is 38.1 Å². The summed E-state index contributed by atoms with van der Waals surface area (Å²) in [6, 6.07) is 3.97. The van der Waals surface area contributed by atoms with E-state index >= 15 is 0 Å². The second-order valence-corrected chi connectivity index (χ2v) is 4.41. The molecule has 0 atom stereocenters. The van der Waals surface area contributed by atoms with Crippen molar-refractivity contribution in [2.45, 2.75) is 33.3 Å². The first kappa shape index (κ1) is 11.7. The minimum absolute atomic E-state index is 0.200. The topological polar surface area (TPSA) is 26.3 Å². The Morgan fingerprint density at radius 2 is 1.93 bits per heavy atom. The van der Waals surface area contributed by atoms with Crippen LogP contribution in [0.25, 0.3) is 0 Å². The van der Waals surface area contributed by atoms with Crippen LogP contribution in [0.5, 0.6) is 5.75 Å². The second kappa shape index (κ2) is 4.01. The predicted octanol–water partition coefficient (Wildman–Crippen LogP) is 3.21. The first-order valence-corrected chi connectivity index (χ1v) is 4.79. The molecule has 82 valence electrons. The minimum Gasteiger partial charge on any atom is -0.487 e. The van der Waals surface area contributed by atoms with Crippen LogP contribution in [0.2, 0.25) is 0 Å². The lowest BCUT2D eigenvalue weighted by Crippen LogP contribution is -2.24. The Labute approximate surface area is 89.1 Å². The van der Waals surface area contributed by atoms with Crippen molar-refractivity contribution in [2.24, 2.45) is 0 Å². The standard InChI is InChI=1S/C12H15FO2/c1-8(14)10-7-9(13)5-6-11(10)15-12(2,3)4/h5-7H,1-4H3. The molecule has 0 amide bonds. The van der Waals surface area contributed by atoms with E-state index in [1.54, 1.807) is 0 Å². The van der Waals surface area contributed by atoms with Crippen LogP contribution < -0.4 is 4.74 Å². The number of Topliss-reactive ketones (excluding diaryl/α,β-unsaturated/α-hetero) is 1. The van der Waals surface area contributed by atoms with Crippen molar-refractivity contribution in [2.75, 3.05) is 0 Å². The summed E-state index contributed by atoms with van der Waals surface area (Å²) in [5, 5.41) is 0. The first-order chi connectivity index (χ1) is 6.79. The normalized spacial score (nSPS) is 11.3. The van der Waals surface area contributed by atoms with Crippen LogP contribution in [-0.2, 0) is 0 Å². The van der Waals surface area contributed by atoms with Crippen LogP contribution in [0.15, 0.2) is 18.2 Å². The maximum absolute atomic E-state index is 12.9. The van der Waals surface area contributed by atoms with Crippen molar-refractivity contribution < 1.29 is 13.9 Å². The average molecular weight is 210 g/mol. The lowest BCUT2D eigenvalue weighted by molar-refractivity contribution is 0.0990. The number of halogens is 1. The summed E-state index contributed by atoms with van der Waals surface area (Å²) in [5.41, 5.74) is -0.118. The van der Waals surface area contributed by atoms with Gasteiger partial charge in [0, 0.05) is 0 Å². The molecule has 0 saturated carbocycles. The van der Waals surface area contributed by atoms with Gasteiger partial charge in [-0.25, -0.2) is 4.39 Å². The van der Waals surface area contributed by atoms with Crippen LogP contribution in [0, 0.1) is 5.82 Å². The number of hydrogen-bond donors (Lipinski definition) is 0. The molecule has 1 aromatic rings. The van der Waals surface area contributed by atoms with E-state index in [1.165, 1.54) is 25.1 Å². The number of carbonyl (C=O) groups excluding carboxylic acids is 1. The summed E-state index contributed by atoms with van der Waals surface area (Å²) >= 11 is 0.